The van der Waals surface area contributed by atoms with Crippen LogP contribution in [0.4, 0.5) is 0 Å². The summed E-state index contributed by atoms with van der Waals surface area (Å²) in [4.78, 5) is 15.0. The van der Waals surface area contributed by atoms with Crippen LogP contribution < -0.4 is 5.79 Å². The van der Waals surface area contributed by atoms with Gasteiger partial charge in [-0.3, -0.25) is 0 Å². The van der Waals surface area contributed by atoms with Crippen molar-refractivity contribution >= 4 is 65.2 Å². The Morgan fingerprint density at radius 3 is 1.22 bits per heavy atom. The molecule has 0 aromatic carbocycles. The first-order chi connectivity index (χ1) is 8.18. The minimum absolute atomic E-state index is 1.46. The van der Waals surface area contributed by atoms with Crippen LogP contribution >= 0.6 is 22.7 Å². The third-order valence-electron chi connectivity index (χ3n) is 3.01. The van der Waals surface area contributed by atoms with Gasteiger partial charge >= 0.3 is 129 Å². The second-order valence-corrected chi connectivity index (χ2v) is 39.6. The van der Waals surface area contributed by atoms with Crippen molar-refractivity contribution in [3.8, 4) is 11.1 Å². The molecule has 0 spiro atoms. The fourth-order valence-electron chi connectivity index (χ4n) is 1.76. The summed E-state index contributed by atoms with van der Waals surface area (Å²) in [5.74, 6) is 0. The van der Waals surface area contributed by atoms with Crippen LogP contribution in [0.5, 0.6) is 0 Å². The Bertz CT molecular complexity index is 488. The summed E-state index contributed by atoms with van der Waals surface area (Å²) in [6.45, 7) is 0. The normalized spacial score (nSPS) is 13.0. The van der Waals surface area contributed by atoms with E-state index in [0.717, 1.165) is 0 Å². The Labute approximate surface area is 127 Å². The van der Waals surface area contributed by atoms with Gasteiger partial charge < -0.3 is 0 Å². The molecule has 0 nitrogen and oxygen atoms in total. The first-order valence-corrected chi connectivity index (χ1v) is 28.1. The molecule has 2 aromatic heterocycles. The van der Waals surface area contributed by atoms with Gasteiger partial charge in [0.05, 0.1) is 0 Å². The third-order valence-corrected chi connectivity index (χ3v) is 24.0. The second kappa shape index (κ2) is 5.41. The van der Waals surface area contributed by atoms with Crippen LogP contribution in [0.15, 0.2) is 22.9 Å². The van der Waals surface area contributed by atoms with Crippen molar-refractivity contribution in [1.29, 1.82) is 0 Å². The zero-order valence-electron chi connectivity index (χ0n) is 12.1. The van der Waals surface area contributed by atoms with Crippen LogP contribution in [0, 0.1) is 0 Å². The summed E-state index contributed by atoms with van der Waals surface area (Å²) in [5, 5.41) is 4.73. The van der Waals surface area contributed by atoms with Crippen LogP contribution in [0.3, 0.4) is 0 Å². The SMILES string of the molecule is [CH3][Sn]([CH3])([CH3])[c]1cc(-c2cs[c]([Sn]([CH3])([CH3])[CH3])c2)cs1. The summed E-state index contributed by atoms with van der Waals surface area (Å²) >= 11 is 0.243. The average Bonchev–Trinajstić information content (AvgIpc) is 2.84. The molecule has 0 aliphatic heterocycles. The summed E-state index contributed by atoms with van der Waals surface area (Å²) in [5.41, 5.74) is 2.92. The molecule has 2 aromatic rings. The van der Waals surface area contributed by atoms with Gasteiger partial charge in [-0.2, -0.15) is 0 Å². The molecule has 0 saturated heterocycles. The Hall–Kier alpha value is 0.997. The van der Waals surface area contributed by atoms with E-state index in [1.54, 1.807) is 5.79 Å². The van der Waals surface area contributed by atoms with Gasteiger partial charge in [-0.05, 0) is 0 Å². The first-order valence-electron chi connectivity index (χ1n) is 6.36. The quantitative estimate of drug-likeness (QED) is 0.552. The summed E-state index contributed by atoms with van der Waals surface area (Å²) < 4.78 is 3.37. The van der Waals surface area contributed by atoms with Crippen molar-refractivity contribution < 1.29 is 0 Å². The molecule has 0 unspecified atom stereocenters. The molecule has 0 N–H and O–H groups in total. The van der Waals surface area contributed by atoms with E-state index in [1.165, 1.54) is 11.1 Å². The topological polar surface area (TPSA) is 0 Å². The van der Waals surface area contributed by atoms with Gasteiger partial charge in [0.2, 0.25) is 0 Å². The van der Waals surface area contributed by atoms with Crippen molar-refractivity contribution in [2.75, 3.05) is 0 Å². The minimum atomic E-state index is -1.86. The molecule has 2 heterocycles. The van der Waals surface area contributed by atoms with Crippen molar-refractivity contribution in [2.24, 2.45) is 0 Å². The predicted molar refractivity (Wildman–Crippen MR) is 93.6 cm³/mol. The van der Waals surface area contributed by atoms with Gasteiger partial charge in [-0.15, -0.1) is 0 Å². The van der Waals surface area contributed by atoms with Crippen molar-refractivity contribution in [3.63, 3.8) is 0 Å². The number of thiophene rings is 2. The Kier molecular flexibility index (Phi) is 4.63. The van der Waals surface area contributed by atoms with E-state index in [4.69, 9.17) is 0 Å². The molecule has 0 saturated carbocycles. The molecule has 0 atom stereocenters. The van der Waals surface area contributed by atoms with Crippen LogP contribution in [0.1, 0.15) is 0 Å². The van der Waals surface area contributed by atoms with Gasteiger partial charge in [0.1, 0.15) is 0 Å². The fourth-order valence-corrected chi connectivity index (χ4v) is 14.2. The number of rotatable bonds is 3. The second-order valence-electron chi connectivity index (χ2n) is 6.90. The van der Waals surface area contributed by atoms with E-state index < -0.39 is 36.8 Å². The fraction of sp³-hybridized carbons (Fsp3) is 0.429. The van der Waals surface area contributed by atoms with E-state index in [0.29, 0.717) is 0 Å². The molecular weight excluding hydrogens is 470 g/mol. The molecule has 4 heteroatoms. The van der Waals surface area contributed by atoms with Gasteiger partial charge in [0, 0.05) is 0 Å². The molecule has 0 radical (unpaired) electrons. The summed E-state index contributed by atoms with van der Waals surface area (Å²) in [6, 6.07) is 4.93. The molecule has 2 rings (SSSR count). The molecular formula is C14H22S2Sn2. The summed E-state index contributed by atoms with van der Waals surface area (Å²) in [7, 11) is 0. The standard InChI is InChI=1S/C8H4S2.6CH3.2Sn/c1-3-9-5-7(1)8-2-4-10-6-8;;;;;;;;/h1-2,5-6H;6*1H3;;. The Balaban J connectivity index is 2.33. The molecule has 0 aliphatic carbocycles. The maximum atomic E-state index is 2.49. The molecule has 18 heavy (non-hydrogen) atoms. The molecule has 0 aliphatic rings. The predicted octanol–water partition coefficient (Wildman–Crippen LogP) is 4.57. The average molecular weight is 492 g/mol. The molecule has 0 bridgehead atoms. The monoisotopic (exact) mass is 494 g/mol. The van der Waals surface area contributed by atoms with Crippen molar-refractivity contribution in [3.05, 3.63) is 22.9 Å². The summed E-state index contributed by atoms with van der Waals surface area (Å²) in [6.07, 6.45) is 0. The van der Waals surface area contributed by atoms with Gasteiger partial charge in [0.15, 0.2) is 0 Å². The molecule has 98 valence electrons. The van der Waals surface area contributed by atoms with E-state index in [1.807, 2.05) is 22.7 Å². The van der Waals surface area contributed by atoms with Crippen LogP contribution in [-0.2, 0) is 0 Å². The molecule has 0 fully saturated rings. The molecule has 0 amide bonds. The zero-order chi connectivity index (χ0) is 13.6. The maximum absolute atomic E-state index is 2.49. The van der Waals surface area contributed by atoms with Crippen LogP contribution in [0.2, 0.25) is 29.6 Å². The number of hydrogen-bond acceptors (Lipinski definition) is 2. The van der Waals surface area contributed by atoms with Crippen molar-refractivity contribution in [1.82, 2.24) is 0 Å². The van der Waals surface area contributed by atoms with E-state index in [-0.39, 0.29) is 0 Å². The van der Waals surface area contributed by atoms with E-state index in [9.17, 15) is 0 Å². The van der Waals surface area contributed by atoms with Gasteiger partial charge in [0.25, 0.3) is 0 Å². The van der Waals surface area contributed by atoms with Crippen LogP contribution in [0.25, 0.3) is 11.1 Å². The third kappa shape index (κ3) is 3.55. The van der Waals surface area contributed by atoms with E-state index in [2.05, 4.69) is 52.5 Å². The Morgan fingerprint density at radius 1 is 0.667 bits per heavy atom. The number of hydrogen-bond donors (Lipinski definition) is 0. The zero-order valence-corrected chi connectivity index (χ0v) is 19.5. The Morgan fingerprint density at radius 2 is 1.00 bits per heavy atom. The van der Waals surface area contributed by atoms with Gasteiger partial charge in [-0.1, -0.05) is 0 Å². The first kappa shape index (κ1) is 15.4. The van der Waals surface area contributed by atoms with Gasteiger partial charge in [-0.25, -0.2) is 0 Å². The van der Waals surface area contributed by atoms with Crippen molar-refractivity contribution in [2.45, 2.75) is 29.6 Å². The van der Waals surface area contributed by atoms with Crippen LogP contribution in [-0.4, -0.2) is 36.8 Å². The van der Waals surface area contributed by atoms with E-state index >= 15 is 0 Å².